The van der Waals surface area contributed by atoms with Crippen molar-refractivity contribution in [2.75, 3.05) is 46.9 Å². The van der Waals surface area contributed by atoms with Crippen LogP contribution in [0.5, 0.6) is 0 Å². The molecule has 9 nitrogen and oxygen atoms in total. The van der Waals surface area contributed by atoms with Gasteiger partial charge in [0.25, 0.3) is 0 Å². The molecule has 1 fully saturated rings. The minimum absolute atomic E-state index is 0.0618. The number of benzene rings is 2. The summed E-state index contributed by atoms with van der Waals surface area (Å²) in [6.45, 7) is 10.7. The van der Waals surface area contributed by atoms with Gasteiger partial charge in [-0.3, -0.25) is 14.5 Å². The Bertz CT molecular complexity index is 1130. The van der Waals surface area contributed by atoms with Gasteiger partial charge in [0.15, 0.2) is 0 Å². The van der Waals surface area contributed by atoms with Crippen molar-refractivity contribution in [1.29, 1.82) is 0 Å². The van der Waals surface area contributed by atoms with Crippen LogP contribution in [-0.2, 0) is 27.2 Å². The van der Waals surface area contributed by atoms with Crippen LogP contribution in [0, 0.1) is 5.41 Å². The smallest absolute Gasteiger partial charge is 0.245 e. The molecule has 4 N–H and O–H groups in total. The molecule has 0 aromatic heterocycles. The average molecular weight is 610 g/mol. The first-order valence-electron chi connectivity index (χ1n) is 16.1. The number of rotatable bonds is 17. The third kappa shape index (κ3) is 10.7. The van der Waals surface area contributed by atoms with E-state index in [4.69, 9.17) is 4.74 Å². The average Bonchev–Trinajstić information content (AvgIpc) is 3.49. The van der Waals surface area contributed by atoms with Gasteiger partial charge in [-0.1, -0.05) is 81.4 Å². The maximum atomic E-state index is 14.1. The van der Waals surface area contributed by atoms with Crippen LogP contribution in [-0.4, -0.2) is 104 Å². The Morgan fingerprint density at radius 2 is 1.70 bits per heavy atom. The summed E-state index contributed by atoms with van der Waals surface area (Å²) in [6, 6.07) is 19.1. The SMILES string of the molecule is CN[C@@H](C)C(=O)N[C@H](C(=O)N1CCC[C@H]1CN(CCc1ccccc1)C(O)[C@@H](Cc1ccccc1)NCCOC)C(C)(C)C. The lowest BCUT2D eigenvalue weighted by molar-refractivity contribution is -0.141. The molecular formula is C35H55N5O4. The summed E-state index contributed by atoms with van der Waals surface area (Å²) < 4.78 is 5.30. The highest BCUT2D eigenvalue weighted by Crippen LogP contribution is 2.27. The van der Waals surface area contributed by atoms with Crippen LogP contribution in [0.15, 0.2) is 60.7 Å². The zero-order valence-electron chi connectivity index (χ0n) is 27.6. The fourth-order valence-electron chi connectivity index (χ4n) is 5.80. The summed E-state index contributed by atoms with van der Waals surface area (Å²) in [5, 5.41) is 21.5. The first-order valence-corrected chi connectivity index (χ1v) is 16.1. The lowest BCUT2D eigenvalue weighted by atomic mass is 9.85. The molecule has 2 aromatic rings. The van der Waals surface area contributed by atoms with Gasteiger partial charge < -0.3 is 30.7 Å². The van der Waals surface area contributed by atoms with Crippen LogP contribution in [0.3, 0.4) is 0 Å². The third-order valence-corrected chi connectivity index (χ3v) is 8.61. The quantitative estimate of drug-likeness (QED) is 0.162. The van der Waals surface area contributed by atoms with Crippen molar-refractivity contribution in [2.24, 2.45) is 5.41 Å². The Labute approximate surface area is 264 Å². The fraction of sp³-hybridized carbons (Fsp3) is 0.600. The summed E-state index contributed by atoms with van der Waals surface area (Å²) in [5.74, 6) is -0.254. The molecule has 3 rings (SSSR count). The predicted molar refractivity (Wildman–Crippen MR) is 176 cm³/mol. The van der Waals surface area contributed by atoms with Gasteiger partial charge in [-0.05, 0) is 56.2 Å². The number of carbonyl (C=O) groups excluding carboxylic acids is 2. The minimum Gasteiger partial charge on any atom is -0.383 e. The van der Waals surface area contributed by atoms with Crippen molar-refractivity contribution in [3.8, 4) is 0 Å². The number of hydrogen-bond donors (Lipinski definition) is 4. The minimum atomic E-state index is -0.789. The summed E-state index contributed by atoms with van der Waals surface area (Å²) >= 11 is 0. The second-order valence-electron chi connectivity index (χ2n) is 13.0. The number of nitrogens with one attached hydrogen (secondary N) is 3. The fourth-order valence-corrected chi connectivity index (χ4v) is 5.80. The molecule has 1 aliphatic heterocycles. The molecule has 1 saturated heterocycles. The van der Waals surface area contributed by atoms with Gasteiger partial charge in [-0.15, -0.1) is 0 Å². The van der Waals surface area contributed by atoms with Gasteiger partial charge in [-0.25, -0.2) is 0 Å². The van der Waals surface area contributed by atoms with Gasteiger partial charge in [0, 0.05) is 39.3 Å². The van der Waals surface area contributed by atoms with E-state index in [-0.39, 0.29) is 23.9 Å². The maximum absolute atomic E-state index is 14.1. The molecule has 0 spiro atoms. The number of aliphatic hydroxyl groups excluding tert-OH is 1. The number of amides is 2. The van der Waals surface area contributed by atoms with Crippen LogP contribution in [0.1, 0.15) is 51.7 Å². The topological polar surface area (TPSA) is 106 Å². The molecule has 0 aliphatic carbocycles. The van der Waals surface area contributed by atoms with Crippen LogP contribution >= 0.6 is 0 Å². The monoisotopic (exact) mass is 609 g/mol. The highest BCUT2D eigenvalue weighted by molar-refractivity contribution is 5.90. The van der Waals surface area contributed by atoms with Crippen molar-refractivity contribution in [3.63, 3.8) is 0 Å². The molecule has 0 saturated carbocycles. The number of likely N-dealkylation sites (tertiary alicyclic amines) is 1. The van der Waals surface area contributed by atoms with Crippen molar-refractivity contribution in [2.45, 2.75) is 83.8 Å². The molecule has 44 heavy (non-hydrogen) atoms. The Balaban J connectivity index is 1.85. The second-order valence-corrected chi connectivity index (χ2v) is 13.0. The normalized spacial score (nSPS) is 18.2. The van der Waals surface area contributed by atoms with Crippen LogP contribution in [0.4, 0.5) is 0 Å². The summed E-state index contributed by atoms with van der Waals surface area (Å²) in [6.07, 6.45) is 2.37. The number of likely N-dealkylation sites (N-methyl/N-ethyl adjacent to an activating group) is 1. The predicted octanol–water partition coefficient (Wildman–Crippen LogP) is 2.83. The summed E-state index contributed by atoms with van der Waals surface area (Å²) in [4.78, 5) is 31.0. The summed E-state index contributed by atoms with van der Waals surface area (Å²) in [5.41, 5.74) is 1.87. The molecule has 2 amide bonds. The highest BCUT2D eigenvalue weighted by atomic mass is 16.5. The van der Waals surface area contributed by atoms with Gasteiger partial charge in [-0.2, -0.15) is 0 Å². The van der Waals surface area contributed by atoms with Crippen molar-refractivity contribution in [3.05, 3.63) is 71.8 Å². The molecule has 0 radical (unpaired) electrons. The van der Waals surface area contributed by atoms with Crippen LogP contribution in [0.25, 0.3) is 0 Å². The molecule has 244 valence electrons. The van der Waals surface area contributed by atoms with Crippen molar-refractivity contribution in [1.82, 2.24) is 25.8 Å². The molecule has 0 bridgehead atoms. The number of aliphatic hydroxyl groups is 1. The molecule has 1 unspecified atom stereocenters. The first kappa shape index (κ1) is 35.7. The lowest BCUT2D eigenvalue weighted by Gasteiger charge is -2.40. The number of hydrogen-bond acceptors (Lipinski definition) is 7. The number of methoxy groups -OCH3 is 1. The van der Waals surface area contributed by atoms with E-state index in [0.29, 0.717) is 39.2 Å². The zero-order valence-corrected chi connectivity index (χ0v) is 27.6. The highest BCUT2D eigenvalue weighted by Gasteiger charge is 2.41. The molecule has 1 aliphatic rings. The Morgan fingerprint density at radius 3 is 2.30 bits per heavy atom. The Kier molecular flexibility index (Phi) is 14.3. The standard InChI is InChI=1S/C35H55N5O4/c1-26(36-5)32(41)38-31(35(2,3)4)34(43)40-21-13-18-29(40)25-39(22-19-27-14-9-7-10-15-27)33(42)30(37-20-23-44-6)24-28-16-11-8-12-17-28/h7-12,14-17,26,29-31,33,36-37,42H,13,18-25H2,1-6H3,(H,38,41)/t26-,29-,30+,31+,33?/m0/s1. The molecule has 1 heterocycles. The van der Waals surface area contributed by atoms with E-state index in [1.165, 1.54) is 5.56 Å². The largest absolute Gasteiger partial charge is 0.383 e. The van der Waals surface area contributed by atoms with Gasteiger partial charge >= 0.3 is 0 Å². The van der Waals surface area contributed by atoms with Crippen LogP contribution < -0.4 is 16.0 Å². The first-order chi connectivity index (χ1) is 21.0. The summed E-state index contributed by atoms with van der Waals surface area (Å²) in [7, 11) is 3.41. The number of ether oxygens (including phenoxy) is 1. The van der Waals surface area contributed by atoms with Crippen molar-refractivity contribution >= 4 is 11.8 Å². The maximum Gasteiger partial charge on any atom is 0.245 e. The van der Waals surface area contributed by atoms with E-state index in [0.717, 1.165) is 24.8 Å². The molecule has 2 aromatic carbocycles. The van der Waals surface area contributed by atoms with E-state index in [9.17, 15) is 14.7 Å². The lowest BCUT2D eigenvalue weighted by Crippen LogP contribution is -2.60. The molecule has 5 atom stereocenters. The van der Waals surface area contributed by atoms with Gasteiger partial charge in [0.2, 0.25) is 11.8 Å². The van der Waals surface area contributed by atoms with Gasteiger partial charge in [0.1, 0.15) is 12.3 Å². The number of carbonyl (C=O) groups is 2. The Hall–Kier alpha value is -2.82. The third-order valence-electron chi connectivity index (χ3n) is 8.61. The zero-order chi connectivity index (χ0) is 32.1. The Morgan fingerprint density at radius 1 is 1.07 bits per heavy atom. The van der Waals surface area contributed by atoms with Gasteiger partial charge in [0.05, 0.1) is 18.7 Å². The molecular weight excluding hydrogens is 554 g/mol. The van der Waals surface area contributed by atoms with E-state index < -0.39 is 23.7 Å². The van der Waals surface area contributed by atoms with E-state index in [1.54, 1.807) is 21.1 Å². The number of nitrogens with zero attached hydrogens (tertiary/aromatic N) is 2. The second kappa shape index (κ2) is 17.6. The van der Waals surface area contributed by atoms with E-state index in [2.05, 4.69) is 45.1 Å². The van der Waals surface area contributed by atoms with E-state index >= 15 is 0 Å². The van der Waals surface area contributed by atoms with Crippen LogP contribution in [0.2, 0.25) is 0 Å². The van der Waals surface area contributed by atoms with E-state index in [1.807, 2.05) is 62.1 Å². The van der Waals surface area contributed by atoms with Crippen molar-refractivity contribution < 1.29 is 19.4 Å². The molecule has 9 heteroatoms.